The molecule has 0 atom stereocenters. The van der Waals surface area contributed by atoms with E-state index >= 15 is 0 Å². The lowest BCUT2D eigenvalue weighted by Gasteiger charge is -2.10. The third-order valence-corrected chi connectivity index (χ3v) is 2.43. The van der Waals surface area contributed by atoms with E-state index in [0.29, 0.717) is 23.4 Å². The van der Waals surface area contributed by atoms with E-state index in [4.69, 9.17) is 5.11 Å². The lowest BCUT2D eigenvalue weighted by molar-refractivity contribution is 0.279. The van der Waals surface area contributed by atoms with Crippen LogP contribution in [0.4, 0.5) is 0 Å². The normalized spacial score (nSPS) is 10.5. The molecule has 5 heteroatoms. The Morgan fingerprint density at radius 1 is 1.57 bits per heavy atom. The molecule has 0 saturated heterocycles. The van der Waals surface area contributed by atoms with Crippen molar-refractivity contribution in [1.29, 1.82) is 0 Å². The summed E-state index contributed by atoms with van der Waals surface area (Å²) in [5.41, 5.74) is 1.96. The number of hydrogen-bond donors (Lipinski definition) is 3. The minimum absolute atomic E-state index is 0.105. The standard InChI is InChI=1S/C9H14N2O2S/c1-6-9(13)8(4-11-14-2)7(5-12)3-10-6/h3,11-13H,4-5H2,1-2H3. The molecule has 1 rings (SSSR count). The number of nitrogens with one attached hydrogen (secondary N) is 1. The number of pyridine rings is 1. The molecule has 14 heavy (non-hydrogen) atoms. The number of aromatic nitrogens is 1. The van der Waals surface area contributed by atoms with Crippen molar-refractivity contribution in [3.63, 3.8) is 0 Å². The second-order valence-corrected chi connectivity index (χ2v) is 3.58. The van der Waals surface area contributed by atoms with Crippen LogP contribution in [0.1, 0.15) is 16.8 Å². The first-order valence-corrected chi connectivity index (χ1v) is 5.46. The molecule has 0 bridgehead atoms. The van der Waals surface area contributed by atoms with Crippen molar-refractivity contribution in [2.75, 3.05) is 6.26 Å². The summed E-state index contributed by atoms with van der Waals surface area (Å²) in [6.45, 7) is 2.15. The minimum Gasteiger partial charge on any atom is -0.506 e. The van der Waals surface area contributed by atoms with Gasteiger partial charge in [-0.15, -0.1) is 0 Å². The highest BCUT2D eigenvalue weighted by Crippen LogP contribution is 2.23. The lowest BCUT2D eigenvalue weighted by atomic mass is 10.1. The second-order valence-electron chi connectivity index (χ2n) is 2.88. The molecule has 0 fully saturated rings. The molecule has 0 spiro atoms. The van der Waals surface area contributed by atoms with E-state index < -0.39 is 0 Å². The highest BCUT2D eigenvalue weighted by atomic mass is 32.2. The molecular weight excluding hydrogens is 200 g/mol. The summed E-state index contributed by atoms with van der Waals surface area (Å²) >= 11 is 1.47. The monoisotopic (exact) mass is 214 g/mol. The largest absolute Gasteiger partial charge is 0.506 e. The van der Waals surface area contributed by atoms with Crippen molar-refractivity contribution in [2.24, 2.45) is 0 Å². The third-order valence-electron chi connectivity index (χ3n) is 1.99. The van der Waals surface area contributed by atoms with Gasteiger partial charge in [-0.1, -0.05) is 11.9 Å². The minimum atomic E-state index is -0.105. The molecule has 78 valence electrons. The van der Waals surface area contributed by atoms with Gasteiger partial charge in [0, 0.05) is 23.9 Å². The summed E-state index contributed by atoms with van der Waals surface area (Å²) in [7, 11) is 0. The summed E-state index contributed by atoms with van der Waals surface area (Å²) in [6, 6.07) is 0. The molecule has 0 saturated carbocycles. The van der Waals surface area contributed by atoms with Crippen LogP contribution in [-0.4, -0.2) is 21.5 Å². The van der Waals surface area contributed by atoms with Crippen molar-refractivity contribution < 1.29 is 10.2 Å². The zero-order chi connectivity index (χ0) is 10.6. The maximum absolute atomic E-state index is 9.71. The first kappa shape index (κ1) is 11.3. The van der Waals surface area contributed by atoms with Gasteiger partial charge in [0.25, 0.3) is 0 Å². The smallest absolute Gasteiger partial charge is 0.141 e. The predicted octanol–water partition coefficient (Wildman–Crippen LogP) is 0.956. The van der Waals surface area contributed by atoms with Crippen LogP contribution in [0.15, 0.2) is 6.20 Å². The van der Waals surface area contributed by atoms with E-state index in [2.05, 4.69) is 9.71 Å². The van der Waals surface area contributed by atoms with Gasteiger partial charge in [0.1, 0.15) is 5.75 Å². The van der Waals surface area contributed by atoms with E-state index in [-0.39, 0.29) is 12.4 Å². The first-order valence-electron chi connectivity index (χ1n) is 4.23. The number of aliphatic hydroxyl groups is 1. The van der Waals surface area contributed by atoms with Crippen LogP contribution in [0.5, 0.6) is 5.75 Å². The number of nitrogens with zero attached hydrogens (tertiary/aromatic N) is 1. The van der Waals surface area contributed by atoms with Crippen LogP contribution in [0.25, 0.3) is 0 Å². The molecule has 1 aromatic rings. The fourth-order valence-electron chi connectivity index (χ4n) is 1.16. The number of rotatable bonds is 4. The topological polar surface area (TPSA) is 65.4 Å². The zero-order valence-corrected chi connectivity index (χ0v) is 9.06. The maximum atomic E-state index is 9.71. The molecule has 0 amide bonds. The van der Waals surface area contributed by atoms with E-state index in [1.54, 1.807) is 13.1 Å². The van der Waals surface area contributed by atoms with Gasteiger partial charge in [0.15, 0.2) is 0 Å². The number of aryl methyl sites for hydroxylation is 1. The van der Waals surface area contributed by atoms with Crippen molar-refractivity contribution in [2.45, 2.75) is 20.1 Å². The van der Waals surface area contributed by atoms with E-state index in [1.165, 1.54) is 11.9 Å². The van der Waals surface area contributed by atoms with Gasteiger partial charge in [0.2, 0.25) is 0 Å². The van der Waals surface area contributed by atoms with E-state index in [9.17, 15) is 5.11 Å². The predicted molar refractivity (Wildman–Crippen MR) is 56.9 cm³/mol. The SMILES string of the molecule is CSNCc1c(CO)cnc(C)c1O. The summed E-state index contributed by atoms with van der Waals surface area (Å²) in [6.07, 6.45) is 3.50. The van der Waals surface area contributed by atoms with E-state index in [1.807, 2.05) is 6.26 Å². The molecule has 4 nitrogen and oxygen atoms in total. The fourth-order valence-corrected chi connectivity index (χ4v) is 1.45. The summed E-state index contributed by atoms with van der Waals surface area (Å²) < 4.78 is 3.03. The van der Waals surface area contributed by atoms with Crippen LogP contribution in [-0.2, 0) is 13.2 Å². The number of hydrogen-bond acceptors (Lipinski definition) is 5. The molecule has 1 heterocycles. The average molecular weight is 214 g/mol. The van der Waals surface area contributed by atoms with Crippen molar-refractivity contribution in [1.82, 2.24) is 9.71 Å². The average Bonchev–Trinajstić information content (AvgIpc) is 2.20. The van der Waals surface area contributed by atoms with Gasteiger partial charge in [-0.3, -0.25) is 9.71 Å². The molecular formula is C9H14N2O2S. The van der Waals surface area contributed by atoms with Crippen LogP contribution in [0.2, 0.25) is 0 Å². The molecule has 0 unspecified atom stereocenters. The van der Waals surface area contributed by atoms with Gasteiger partial charge in [-0.2, -0.15) is 0 Å². The van der Waals surface area contributed by atoms with Gasteiger partial charge in [0.05, 0.1) is 12.3 Å². The summed E-state index contributed by atoms with van der Waals surface area (Å²) in [5.74, 6) is 0.165. The molecule has 0 aliphatic rings. The zero-order valence-electron chi connectivity index (χ0n) is 8.24. The van der Waals surface area contributed by atoms with E-state index in [0.717, 1.165) is 0 Å². The van der Waals surface area contributed by atoms with Crippen molar-refractivity contribution >= 4 is 11.9 Å². The second kappa shape index (κ2) is 5.19. The van der Waals surface area contributed by atoms with Crippen LogP contribution in [0.3, 0.4) is 0 Å². The summed E-state index contributed by atoms with van der Waals surface area (Å²) in [4.78, 5) is 3.97. The highest BCUT2D eigenvalue weighted by molar-refractivity contribution is 7.96. The lowest BCUT2D eigenvalue weighted by Crippen LogP contribution is -2.07. The Balaban J connectivity index is 3.01. The molecule has 0 aliphatic carbocycles. The van der Waals surface area contributed by atoms with Gasteiger partial charge >= 0.3 is 0 Å². The van der Waals surface area contributed by atoms with Gasteiger partial charge < -0.3 is 10.2 Å². The van der Waals surface area contributed by atoms with Crippen LogP contribution >= 0.6 is 11.9 Å². The maximum Gasteiger partial charge on any atom is 0.141 e. The van der Waals surface area contributed by atoms with Crippen LogP contribution in [0, 0.1) is 6.92 Å². The van der Waals surface area contributed by atoms with Gasteiger partial charge in [-0.05, 0) is 13.2 Å². The Hall–Kier alpha value is -0.780. The third kappa shape index (κ3) is 2.37. The first-order chi connectivity index (χ1) is 6.70. The van der Waals surface area contributed by atoms with Gasteiger partial charge in [-0.25, -0.2) is 0 Å². The Bertz CT molecular complexity index is 318. The molecule has 1 aromatic heterocycles. The Morgan fingerprint density at radius 2 is 2.29 bits per heavy atom. The summed E-state index contributed by atoms with van der Waals surface area (Å²) in [5, 5.41) is 18.8. The number of aliphatic hydroxyl groups excluding tert-OH is 1. The Morgan fingerprint density at radius 3 is 2.86 bits per heavy atom. The van der Waals surface area contributed by atoms with Crippen molar-refractivity contribution in [3.8, 4) is 5.75 Å². The Kier molecular flexibility index (Phi) is 4.19. The molecule has 0 aromatic carbocycles. The quantitative estimate of drug-likeness (QED) is 0.651. The number of aromatic hydroxyl groups is 1. The van der Waals surface area contributed by atoms with Crippen molar-refractivity contribution in [3.05, 3.63) is 23.0 Å². The molecule has 3 N–H and O–H groups in total. The fraction of sp³-hybridized carbons (Fsp3) is 0.444. The Labute approximate surface area is 87.5 Å². The molecule has 0 radical (unpaired) electrons. The highest BCUT2D eigenvalue weighted by Gasteiger charge is 2.10. The molecule has 0 aliphatic heterocycles. The van der Waals surface area contributed by atoms with Crippen LogP contribution < -0.4 is 4.72 Å².